The summed E-state index contributed by atoms with van der Waals surface area (Å²) in [5, 5.41) is 13.8. The number of rotatable bonds is 4. The smallest absolute Gasteiger partial charge is 0.275 e. The van der Waals surface area contributed by atoms with Crippen LogP contribution in [0.1, 0.15) is 21.9 Å². The molecule has 2 heterocycles. The minimum atomic E-state index is -0.217. The van der Waals surface area contributed by atoms with Crippen molar-refractivity contribution in [1.82, 2.24) is 24.9 Å². The van der Waals surface area contributed by atoms with Gasteiger partial charge in [-0.1, -0.05) is 0 Å². The lowest BCUT2D eigenvalue weighted by atomic mass is 10.3. The van der Waals surface area contributed by atoms with Gasteiger partial charge in [0.15, 0.2) is 5.82 Å². The predicted octanol–water partition coefficient (Wildman–Crippen LogP) is 0.766. The molecule has 1 amide bonds. The highest BCUT2D eigenvalue weighted by Gasteiger charge is 2.13. The second-order valence-electron chi connectivity index (χ2n) is 4.76. The number of anilines is 1. The number of nitrogens with one attached hydrogen (secondary N) is 2. The zero-order valence-electron chi connectivity index (χ0n) is 11.6. The molecule has 2 aromatic rings. The van der Waals surface area contributed by atoms with Gasteiger partial charge in [0.1, 0.15) is 5.69 Å². The third-order valence-electron chi connectivity index (χ3n) is 2.59. The van der Waals surface area contributed by atoms with Crippen LogP contribution < -0.4 is 5.32 Å². The zero-order chi connectivity index (χ0) is 14.0. The van der Waals surface area contributed by atoms with Crippen LogP contribution in [0.2, 0.25) is 0 Å². The Hall–Kier alpha value is -2.15. The summed E-state index contributed by atoms with van der Waals surface area (Å²) in [6.45, 7) is 2.59. The van der Waals surface area contributed by atoms with Gasteiger partial charge >= 0.3 is 0 Å². The van der Waals surface area contributed by atoms with E-state index in [1.54, 1.807) is 17.8 Å². The molecule has 102 valence electrons. The summed E-state index contributed by atoms with van der Waals surface area (Å²) in [6.07, 6.45) is 0. The fourth-order valence-electron chi connectivity index (χ4n) is 1.85. The number of carbonyl (C=O) groups excluding carboxylic acids is 1. The number of aryl methyl sites for hydroxylation is 2. The van der Waals surface area contributed by atoms with E-state index in [0.717, 1.165) is 17.9 Å². The van der Waals surface area contributed by atoms with E-state index in [0.29, 0.717) is 11.5 Å². The lowest BCUT2D eigenvalue weighted by Gasteiger charge is -2.05. The van der Waals surface area contributed by atoms with E-state index in [1.165, 1.54) is 0 Å². The zero-order valence-corrected chi connectivity index (χ0v) is 11.6. The van der Waals surface area contributed by atoms with Crippen molar-refractivity contribution in [2.75, 3.05) is 19.4 Å². The lowest BCUT2D eigenvalue weighted by Crippen LogP contribution is -2.16. The van der Waals surface area contributed by atoms with E-state index in [4.69, 9.17) is 0 Å². The monoisotopic (exact) mass is 262 g/mol. The molecule has 0 unspecified atom stereocenters. The Morgan fingerprint density at radius 1 is 1.47 bits per heavy atom. The van der Waals surface area contributed by atoms with Gasteiger partial charge in [-0.3, -0.25) is 14.6 Å². The van der Waals surface area contributed by atoms with E-state index in [1.807, 2.05) is 32.0 Å². The van der Waals surface area contributed by atoms with Crippen molar-refractivity contribution >= 4 is 11.7 Å². The topological polar surface area (TPSA) is 78.8 Å². The maximum atomic E-state index is 12.0. The van der Waals surface area contributed by atoms with Gasteiger partial charge < -0.3 is 10.2 Å². The van der Waals surface area contributed by atoms with E-state index in [-0.39, 0.29) is 5.91 Å². The Bertz CT molecular complexity index is 583. The molecule has 0 bridgehead atoms. The summed E-state index contributed by atoms with van der Waals surface area (Å²) >= 11 is 0. The van der Waals surface area contributed by atoms with E-state index < -0.39 is 0 Å². The van der Waals surface area contributed by atoms with Crippen LogP contribution in [0.15, 0.2) is 12.1 Å². The van der Waals surface area contributed by atoms with E-state index in [9.17, 15) is 4.79 Å². The summed E-state index contributed by atoms with van der Waals surface area (Å²) < 4.78 is 1.55. The molecular formula is C12H18N6O. The van der Waals surface area contributed by atoms with Crippen molar-refractivity contribution in [3.05, 3.63) is 29.2 Å². The van der Waals surface area contributed by atoms with E-state index >= 15 is 0 Å². The molecule has 2 N–H and O–H groups in total. The van der Waals surface area contributed by atoms with Crippen LogP contribution in [0.5, 0.6) is 0 Å². The largest absolute Gasteiger partial charge is 0.304 e. The Balaban J connectivity index is 2.07. The summed E-state index contributed by atoms with van der Waals surface area (Å²) in [5.74, 6) is 0.298. The molecule has 0 saturated carbocycles. The molecule has 2 rings (SSSR count). The number of aromatic amines is 1. The molecule has 0 radical (unpaired) electrons. The average molecular weight is 262 g/mol. The molecule has 0 aliphatic carbocycles. The average Bonchev–Trinajstić information content (AvgIpc) is 2.84. The van der Waals surface area contributed by atoms with E-state index in [2.05, 4.69) is 20.6 Å². The SMILES string of the molecule is Cc1cc(C(=O)Nc2cc(CN(C)C)[nH]n2)n(C)n1. The summed E-state index contributed by atoms with van der Waals surface area (Å²) in [5.41, 5.74) is 2.26. The Kier molecular flexibility index (Phi) is 3.66. The molecule has 0 saturated heterocycles. The highest BCUT2D eigenvalue weighted by Crippen LogP contribution is 2.09. The third kappa shape index (κ3) is 3.19. The Morgan fingerprint density at radius 3 is 2.79 bits per heavy atom. The van der Waals surface area contributed by atoms with Gasteiger partial charge in [0.2, 0.25) is 0 Å². The van der Waals surface area contributed by atoms with Crippen molar-refractivity contribution in [2.24, 2.45) is 7.05 Å². The third-order valence-corrected chi connectivity index (χ3v) is 2.59. The first kappa shape index (κ1) is 13.3. The molecule has 2 aromatic heterocycles. The molecule has 0 spiro atoms. The second kappa shape index (κ2) is 5.23. The van der Waals surface area contributed by atoms with Crippen LogP contribution in [-0.2, 0) is 13.6 Å². The first-order chi connectivity index (χ1) is 8.95. The number of aromatic nitrogens is 4. The summed E-state index contributed by atoms with van der Waals surface area (Å²) in [4.78, 5) is 14.1. The Morgan fingerprint density at radius 2 is 2.21 bits per heavy atom. The molecule has 0 aliphatic rings. The van der Waals surface area contributed by atoms with Crippen LogP contribution >= 0.6 is 0 Å². The van der Waals surface area contributed by atoms with Crippen molar-refractivity contribution in [2.45, 2.75) is 13.5 Å². The van der Waals surface area contributed by atoms with Crippen LogP contribution in [0, 0.1) is 6.92 Å². The number of hydrogen-bond acceptors (Lipinski definition) is 4. The molecular weight excluding hydrogens is 244 g/mol. The predicted molar refractivity (Wildman–Crippen MR) is 71.9 cm³/mol. The Labute approximate surface area is 111 Å². The first-order valence-electron chi connectivity index (χ1n) is 5.96. The molecule has 19 heavy (non-hydrogen) atoms. The number of carbonyl (C=O) groups is 1. The number of amides is 1. The van der Waals surface area contributed by atoms with Crippen molar-refractivity contribution in [3.8, 4) is 0 Å². The van der Waals surface area contributed by atoms with Gasteiger partial charge in [-0.2, -0.15) is 10.2 Å². The summed E-state index contributed by atoms with van der Waals surface area (Å²) in [7, 11) is 5.68. The van der Waals surface area contributed by atoms with Gasteiger partial charge in [-0.05, 0) is 27.1 Å². The lowest BCUT2D eigenvalue weighted by molar-refractivity contribution is 0.101. The first-order valence-corrected chi connectivity index (χ1v) is 5.96. The van der Waals surface area contributed by atoms with Crippen LogP contribution in [0.3, 0.4) is 0 Å². The highest BCUT2D eigenvalue weighted by atomic mass is 16.2. The highest BCUT2D eigenvalue weighted by molar-refractivity contribution is 6.02. The maximum absolute atomic E-state index is 12.0. The van der Waals surface area contributed by atoms with Crippen molar-refractivity contribution < 1.29 is 4.79 Å². The normalized spacial score (nSPS) is 11.0. The second-order valence-corrected chi connectivity index (χ2v) is 4.76. The van der Waals surface area contributed by atoms with Crippen LogP contribution in [0.25, 0.3) is 0 Å². The standard InChI is InChI=1S/C12H18N6O/c1-8-5-10(18(4)16-8)12(19)13-11-6-9(14-15-11)7-17(2)3/h5-6H,7H2,1-4H3,(H2,13,14,15,19). The fraction of sp³-hybridized carbons (Fsp3) is 0.417. The van der Waals surface area contributed by atoms with Gasteiger partial charge in [0, 0.05) is 19.7 Å². The number of H-pyrrole nitrogens is 1. The van der Waals surface area contributed by atoms with Crippen LogP contribution in [-0.4, -0.2) is 44.9 Å². The molecule has 7 heteroatoms. The van der Waals surface area contributed by atoms with Gasteiger partial charge in [-0.25, -0.2) is 0 Å². The fourth-order valence-corrected chi connectivity index (χ4v) is 1.85. The van der Waals surface area contributed by atoms with Gasteiger partial charge in [0.25, 0.3) is 5.91 Å². The van der Waals surface area contributed by atoms with Crippen molar-refractivity contribution in [1.29, 1.82) is 0 Å². The molecule has 0 aliphatic heterocycles. The summed E-state index contributed by atoms with van der Waals surface area (Å²) in [6, 6.07) is 3.56. The van der Waals surface area contributed by atoms with Gasteiger partial charge in [0.05, 0.1) is 11.4 Å². The molecule has 0 atom stereocenters. The molecule has 7 nitrogen and oxygen atoms in total. The minimum absolute atomic E-state index is 0.217. The molecule has 0 aromatic carbocycles. The molecule has 0 fully saturated rings. The van der Waals surface area contributed by atoms with Crippen molar-refractivity contribution in [3.63, 3.8) is 0 Å². The number of nitrogens with zero attached hydrogens (tertiary/aromatic N) is 4. The number of hydrogen-bond donors (Lipinski definition) is 2. The van der Waals surface area contributed by atoms with Crippen LogP contribution in [0.4, 0.5) is 5.82 Å². The van der Waals surface area contributed by atoms with Gasteiger partial charge in [-0.15, -0.1) is 0 Å². The quantitative estimate of drug-likeness (QED) is 0.853. The minimum Gasteiger partial charge on any atom is -0.304 e. The maximum Gasteiger partial charge on any atom is 0.275 e.